The average molecular weight is 230 g/mol. The van der Waals surface area contributed by atoms with Crippen molar-refractivity contribution in [2.45, 2.75) is 38.8 Å². The maximum atomic E-state index is 11.2. The van der Waals surface area contributed by atoms with Gasteiger partial charge in [0.25, 0.3) is 0 Å². The van der Waals surface area contributed by atoms with Crippen molar-refractivity contribution in [1.82, 2.24) is 0 Å². The Morgan fingerprint density at radius 1 is 1.33 bits per heavy atom. The highest BCUT2D eigenvalue weighted by molar-refractivity contribution is 6.67. The Morgan fingerprint density at radius 2 is 1.93 bits per heavy atom. The van der Waals surface area contributed by atoms with Gasteiger partial charge in [0, 0.05) is 20.6 Å². The molecule has 0 heterocycles. The molecule has 88 valence electrons. The highest BCUT2D eigenvalue weighted by atomic mass is 28.4. The fourth-order valence-electron chi connectivity index (χ4n) is 1.55. The van der Waals surface area contributed by atoms with Gasteiger partial charge >= 0.3 is 8.56 Å². The third-order valence-corrected chi connectivity index (χ3v) is 6.30. The molecule has 0 amide bonds. The number of hydrogen-bond acceptors (Lipinski definition) is 3. The van der Waals surface area contributed by atoms with Crippen molar-refractivity contribution >= 4 is 14.3 Å². The van der Waals surface area contributed by atoms with Crippen molar-refractivity contribution in [3.05, 3.63) is 12.2 Å². The summed E-state index contributed by atoms with van der Waals surface area (Å²) >= 11 is 0. The molecule has 4 heteroatoms. The van der Waals surface area contributed by atoms with Crippen molar-refractivity contribution in [3.63, 3.8) is 0 Å². The number of ketones is 1. The molecule has 15 heavy (non-hydrogen) atoms. The van der Waals surface area contributed by atoms with E-state index in [4.69, 9.17) is 8.85 Å². The lowest BCUT2D eigenvalue weighted by molar-refractivity contribution is -0.114. The molecule has 0 spiro atoms. The van der Waals surface area contributed by atoms with Crippen LogP contribution in [0.2, 0.25) is 12.1 Å². The minimum absolute atomic E-state index is 0.184. The van der Waals surface area contributed by atoms with Crippen LogP contribution in [0, 0.1) is 0 Å². The molecule has 0 saturated heterocycles. The van der Waals surface area contributed by atoms with Crippen molar-refractivity contribution in [2.24, 2.45) is 0 Å². The summed E-state index contributed by atoms with van der Waals surface area (Å²) in [7, 11) is 1.42. The molecule has 0 radical (unpaired) electrons. The second-order valence-corrected chi connectivity index (χ2v) is 7.34. The summed E-state index contributed by atoms with van der Waals surface area (Å²) in [5.41, 5.74) is 0. The number of allylic oxidation sites excluding steroid dienone is 2. The first-order valence-electron chi connectivity index (χ1n) is 5.40. The van der Waals surface area contributed by atoms with Gasteiger partial charge in [-0.3, -0.25) is 4.79 Å². The van der Waals surface area contributed by atoms with Gasteiger partial charge in [-0.05, 0) is 31.5 Å². The summed E-state index contributed by atoms with van der Waals surface area (Å²) in [5.74, 6) is 0.184. The Morgan fingerprint density at radius 3 is 2.33 bits per heavy atom. The summed E-state index contributed by atoms with van der Waals surface area (Å²) < 4.78 is 10.9. The molecular formula is C11H22O3Si. The van der Waals surface area contributed by atoms with Gasteiger partial charge in [0.2, 0.25) is 0 Å². The van der Waals surface area contributed by atoms with E-state index in [1.807, 2.05) is 6.92 Å². The van der Waals surface area contributed by atoms with Crippen LogP contribution in [0.15, 0.2) is 12.2 Å². The van der Waals surface area contributed by atoms with Gasteiger partial charge in [-0.2, -0.15) is 0 Å². The number of carbonyl (C=O) groups excluding carboxylic acids is 1. The van der Waals surface area contributed by atoms with Crippen LogP contribution in [0.1, 0.15) is 26.7 Å². The Hall–Kier alpha value is -0.453. The molecule has 0 aromatic heterocycles. The normalized spacial score (nSPS) is 12.3. The minimum Gasteiger partial charge on any atom is -0.398 e. The minimum atomic E-state index is -1.98. The molecule has 0 aliphatic heterocycles. The molecule has 0 bridgehead atoms. The molecule has 0 aromatic carbocycles. The van der Waals surface area contributed by atoms with Crippen molar-refractivity contribution in [3.8, 4) is 0 Å². The standard InChI is InChI=1S/C11H22O3Si/c1-5-8-11(12)9-7-10-15(6-2,13-3)14-4/h5,8H,6-7,9-10H2,1-4H3. The first kappa shape index (κ1) is 14.5. The molecule has 0 rings (SSSR count). The smallest absolute Gasteiger partial charge is 0.337 e. The molecular weight excluding hydrogens is 208 g/mol. The Balaban J connectivity index is 3.96. The highest BCUT2D eigenvalue weighted by Gasteiger charge is 2.32. The number of hydrogen-bond donors (Lipinski definition) is 0. The van der Waals surface area contributed by atoms with Crippen molar-refractivity contribution in [1.29, 1.82) is 0 Å². The maximum Gasteiger partial charge on any atom is 0.337 e. The van der Waals surface area contributed by atoms with Gasteiger partial charge in [0.05, 0.1) is 0 Å². The van der Waals surface area contributed by atoms with Crippen LogP contribution in [-0.4, -0.2) is 28.6 Å². The van der Waals surface area contributed by atoms with E-state index in [0.29, 0.717) is 6.42 Å². The maximum absolute atomic E-state index is 11.2. The monoisotopic (exact) mass is 230 g/mol. The Kier molecular flexibility index (Phi) is 7.55. The zero-order valence-corrected chi connectivity index (χ0v) is 11.2. The van der Waals surface area contributed by atoms with E-state index < -0.39 is 8.56 Å². The third-order valence-electron chi connectivity index (χ3n) is 2.62. The first-order valence-corrected chi connectivity index (χ1v) is 7.63. The zero-order chi connectivity index (χ0) is 11.7. The van der Waals surface area contributed by atoms with Crippen LogP contribution < -0.4 is 0 Å². The fraction of sp³-hybridized carbons (Fsp3) is 0.727. The van der Waals surface area contributed by atoms with Gasteiger partial charge in [0.1, 0.15) is 0 Å². The van der Waals surface area contributed by atoms with E-state index >= 15 is 0 Å². The first-order chi connectivity index (χ1) is 7.14. The number of rotatable bonds is 8. The van der Waals surface area contributed by atoms with E-state index in [1.165, 1.54) is 0 Å². The van der Waals surface area contributed by atoms with Gasteiger partial charge < -0.3 is 8.85 Å². The summed E-state index contributed by atoms with van der Waals surface area (Å²) in [5, 5.41) is 0. The highest BCUT2D eigenvalue weighted by Crippen LogP contribution is 2.20. The van der Waals surface area contributed by atoms with Crippen LogP contribution in [-0.2, 0) is 13.6 Å². The predicted octanol–water partition coefficient (Wildman–Crippen LogP) is 2.67. The topological polar surface area (TPSA) is 35.5 Å². The summed E-state index contributed by atoms with van der Waals surface area (Å²) in [4.78, 5) is 11.2. The molecule has 0 N–H and O–H groups in total. The van der Waals surface area contributed by atoms with Crippen LogP contribution in [0.5, 0.6) is 0 Å². The zero-order valence-electron chi connectivity index (χ0n) is 10.2. The summed E-state index contributed by atoms with van der Waals surface area (Å²) in [6.07, 6.45) is 4.84. The van der Waals surface area contributed by atoms with E-state index in [1.54, 1.807) is 26.4 Å². The molecule has 0 aliphatic carbocycles. The van der Waals surface area contributed by atoms with Crippen LogP contribution in [0.25, 0.3) is 0 Å². The average Bonchev–Trinajstić information content (AvgIpc) is 2.25. The second kappa shape index (κ2) is 7.79. The lowest BCUT2D eigenvalue weighted by Crippen LogP contribution is -2.39. The van der Waals surface area contributed by atoms with Gasteiger partial charge in [0.15, 0.2) is 5.78 Å². The van der Waals surface area contributed by atoms with Gasteiger partial charge in [-0.15, -0.1) is 0 Å². The van der Waals surface area contributed by atoms with Crippen LogP contribution in [0.3, 0.4) is 0 Å². The second-order valence-electron chi connectivity index (χ2n) is 3.49. The van der Waals surface area contributed by atoms with Gasteiger partial charge in [-0.25, -0.2) is 0 Å². The molecule has 0 saturated carbocycles. The number of carbonyl (C=O) groups is 1. The van der Waals surface area contributed by atoms with E-state index in [-0.39, 0.29) is 5.78 Å². The van der Waals surface area contributed by atoms with Gasteiger partial charge in [-0.1, -0.05) is 13.0 Å². The largest absolute Gasteiger partial charge is 0.398 e. The molecule has 0 aromatic rings. The molecule has 0 unspecified atom stereocenters. The lowest BCUT2D eigenvalue weighted by atomic mass is 10.2. The van der Waals surface area contributed by atoms with Crippen LogP contribution in [0.4, 0.5) is 0 Å². The fourth-order valence-corrected chi connectivity index (χ4v) is 3.78. The van der Waals surface area contributed by atoms with E-state index in [2.05, 4.69) is 6.92 Å². The SMILES string of the molecule is CC=CC(=O)CCC[Si](CC)(OC)OC. The van der Waals surface area contributed by atoms with Crippen LogP contribution >= 0.6 is 0 Å². The quantitative estimate of drug-likeness (QED) is 0.475. The third kappa shape index (κ3) is 5.25. The lowest BCUT2D eigenvalue weighted by Gasteiger charge is -2.25. The van der Waals surface area contributed by atoms with E-state index in [0.717, 1.165) is 18.5 Å². The molecule has 0 aliphatic rings. The molecule has 0 fully saturated rings. The van der Waals surface area contributed by atoms with E-state index in [9.17, 15) is 4.79 Å². The predicted molar refractivity (Wildman–Crippen MR) is 64.1 cm³/mol. The van der Waals surface area contributed by atoms with Crippen molar-refractivity contribution in [2.75, 3.05) is 14.2 Å². The van der Waals surface area contributed by atoms with Crippen molar-refractivity contribution < 1.29 is 13.6 Å². The summed E-state index contributed by atoms with van der Waals surface area (Å²) in [6, 6.07) is 1.82. The Labute approximate surface area is 93.7 Å². The molecule has 3 nitrogen and oxygen atoms in total. The Bertz CT molecular complexity index is 202. The molecule has 0 atom stereocenters. The summed E-state index contributed by atoms with van der Waals surface area (Å²) in [6.45, 7) is 3.93.